The molecule has 1 aromatic rings. The molecule has 0 bridgehead atoms. The van der Waals surface area contributed by atoms with E-state index in [1.165, 1.54) is 0 Å². The van der Waals surface area contributed by atoms with Crippen molar-refractivity contribution in [2.45, 2.75) is 45.3 Å². The minimum absolute atomic E-state index is 0.0918. The lowest BCUT2D eigenvalue weighted by molar-refractivity contribution is 0.213. The number of sulfonamides is 1. The van der Waals surface area contributed by atoms with Gasteiger partial charge in [0.25, 0.3) is 0 Å². The zero-order chi connectivity index (χ0) is 21.3. The monoisotopic (exact) mass is 426 g/mol. The van der Waals surface area contributed by atoms with Crippen molar-refractivity contribution < 1.29 is 17.9 Å². The summed E-state index contributed by atoms with van der Waals surface area (Å²) < 4.78 is 37.3. The maximum absolute atomic E-state index is 12.2. The Morgan fingerprint density at radius 1 is 1.28 bits per heavy atom. The molecule has 2 rings (SSSR count). The largest absolute Gasteiger partial charge is 0.493 e. The van der Waals surface area contributed by atoms with Gasteiger partial charge in [-0.05, 0) is 38.3 Å². The first-order valence-electron chi connectivity index (χ1n) is 10.1. The molecule has 0 aliphatic carbocycles. The topological polar surface area (TPSA) is 92.3 Å². The molecule has 1 aliphatic rings. The van der Waals surface area contributed by atoms with E-state index < -0.39 is 10.0 Å². The van der Waals surface area contributed by atoms with Gasteiger partial charge < -0.3 is 20.1 Å². The van der Waals surface area contributed by atoms with Gasteiger partial charge in [-0.15, -0.1) is 0 Å². The second-order valence-corrected chi connectivity index (χ2v) is 9.25. The second-order valence-electron chi connectivity index (χ2n) is 7.17. The third-order valence-corrected chi connectivity index (χ3v) is 6.90. The summed E-state index contributed by atoms with van der Waals surface area (Å²) >= 11 is 0. The number of hydrogen-bond donors (Lipinski definition) is 2. The Labute approximate surface area is 174 Å². The zero-order valence-electron chi connectivity index (χ0n) is 17.8. The predicted molar refractivity (Wildman–Crippen MR) is 116 cm³/mol. The number of nitrogens with one attached hydrogen (secondary N) is 2. The van der Waals surface area contributed by atoms with Crippen LogP contribution in [0, 0.1) is 0 Å². The Balaban J connectivity index is 1.78. The van der Waals surface area contributed by atoms with Crippen LogP contribution in [0.2, 0.25) is 0 Å². The molecule has 2 N–H and O–H groups in total. The zero-order valence-corrected chi connectivity index (χ0v) is 18.7. The van der Waals surface area contributed by atoms with Crippen molar-refractivity contribution in [1.29, 1.82) is 0 Å². The first-order valence-corrected chi connectivity index (χ1v) is 11.7. The van der Waals surface area contributed by atoms with Crippen molar-refractivity contribution >= 4 is 16.0 Å². The van der Waals surface area contributed by atoms with E-state index in [0.29, 0.717) is 43.5 Å². The molecule has 1 heterocycles. The van der Waals surface area contributed by atoms with Crippen molar-refractivity contribution in [3.8, 4) is 11.5 Å². The van der Waals surface area contributed by atoms with Crippen molar-refractivity contribution in [3.05, 3.63) is 24.3 Å². The molecule has 9 heteroatoms. The van der Waals surface area contributed by atoms with Crippen molar-refractivity contribution in [2.24, 2.45) is 4.99 Å². The molecule has 1 saturated heterocycles. The Kier molecular flexibility index (Phi) is 9.03. The summed E-state index contributed by atoms with van der Waals surface area (Å²) in [5.74, 6) is 2.31. The number of hydrogen-bond acceptors (Lipinski definition) is 5. The highest BCUT2D eigenvalue weighted by atomic mass is 32.2. The molecule has 0 saturated carbocycles. The standard InChI is InChI=1S/C20H34N4O4S/c1-5-14-29(25,26)24-12-10-17(11-13-24)23-20(21-3)22-15-16(2)28-19-9-7-6-8-18(19)27-4/h6-9,16-17H,5,10-15H2,1-4H3,(H2,21,22,23). The quantitative estimate of drug-likeness (QED) is 0.462. The van der Waals surface area contributed by atoms with Crippen LogP contribution < -0.4 is 20.1 Å². The van der Waals surface area contributed by atoms with E-state index in [1.807, 2.05) is 38.1 Å². The number of guanidine groups is 1. The average molecular weight is 427 g/mol. The highest BCUT2D eigenvalue weighted by molar-refractivity contribution is 7.89. The van der Waals surface area contributed by atoms with E-state index in [1.54, 1.807) is 18.5 Å². The number of methoxy groups -OCH3 is 1. The Morgan fingerprint density at radius 2 is 1.93 bits per heavy atom. The second kappa shape index (κ2) is 11.3. The van der Waals surface area contributed by atoms with Crippen LogP contribution in [0.3, 0.4) is 0 Å². The highest BCUT2D eigenvalue weighted by Gasteiger charge is 2.27. The first kappa shape index (κ1) is 23.3. The minimum Gasteiger partial charge on any atom is -0.493 e. The van der Waals surface area contributed by atoms with Crippen molar-refractivity contribution in [2.75, 3.05) is 39.5 Å². The van der Waals surface area contributed by atoms with Gasteiger partial charge in [0.1, 0.15) is 6.10 Å². The van der Waals surface area contributed by atoms with Gasteiger partial charge in [-0.1, -0.05) is 19.1 Å². The van der Waals surface area contributed by atoms with Crippen molar-refractivity contribution in [3.63, 3.8) is 0 Å². The number of rotatable bonds is 9. The molecule has 1 fully saturated rings. The highest BCUT2D eigenvalue weighted by Crippen LogP contribution is 2.26. The fourth-order valence-electron chi connectivity index (χ4n) is 3.27. The summed E-state index contributed by atoms with van der Waals surface area (Å²) in [6.07, 6.45) is 2.07. The van der Waals surface area contributed by atoms with Crippen LogP contribution in [0.5, 0.6) is 11.5 Å². The van der Waals surface area contributed by atoms with E-state index in [-0.39, 0.29) is 17.9 Å². The van der Waals surface area contributed by atoms with Gasteiger partial charge in [-0.3, -0.25) is 4.99 Å². The number of ether oxygens (including phenoxy) is 2. The fraction of sp³-hybridized carbons (Fsp3) is 0.650. The lowest BCUT2D eigenvalue weighted by atomic mass is 10.1. The summed E-state index contributed by atoms with van der Waals surface area (Å²) in [5, 5.41) is 6.67. The third-order valence-electron chi connectivity index (χ3n) is 4.83. The third kappa shape index (κ3) is 7.08. The van der Waals surface area contributed by atoms with Gasteiger partial charge in [0.2, 0.25) is 10.0 Å². The number of piperidine rings is 1. The SMILES string of the molecule is CCCS(=O)(=O)N1CCC(NC(=NC)NCC(C)Oc2ccccc2OC)CC1. The molecule has 0 aromatic heterocycles. The molecule has 0 radical (unpaired) electrons. The Morgan fingerprint density at radius 3 is 2.52 bits per heavy atom. The molecule has 1 aliphatic heterocycles. The number of para-hydroxylation sites is 2. The molecule has 0 amide bonds. The molecular formula is C20H34N4O4S. The summed E-state index contributed by atoms with van der Waals surface area (Å²) in [4.78, 5) is 4.27. The van der Waals surface area contributed by atoms with Crippen LogP contribution in [0.1, 0.15) is 33.1 Å². The van der Waals surface area contributed by atoms with E-state index in [2.05, 4.69) is 15.6 Å². The molecule has 1 aromatic carbocycles. The molecule has 0 spiro atoms. The van der Waals surface area contributed by atoms with E-state index in [4.69, 9.17) is 9.47 Å². The lowest BCUT2D eigenvalue weighted by Crippen LogP contribution is -2.51. The molecule has 8 nitrogen and oxygen atoms in total. The Bertz CT molecular complexity index is 761. The van der Waals surface area contributed by atoms with Crippen LogP contribution in [0.15, 0.2) is 29.3 Å². The molecular weight excluding hydrogens is 392 g/mol. The number of nitrogens with zero attached hydrogens (tertiary/aromatic N) is 2. The normalized spacial score (nSPS) is 17.6. The van der Waals surface area contributed by atoms with E-state index in [9.17, 15) is 8.42 Å². The maximum Gasteiger partial charge on any atom is 0.214 e. The summed E-state index contributed by atoms with van der Waals surface area (Å²) in [7, 11) is 0.230. The minimum atomic E-state index is -3.11. The van der Waals surface area contributed by atoms with Crippen molar-refractivity contribution in [1.82, 2.24) is 14.9 Å². The van der Waals surface area contributed by atoms with E-state index in [0.717, 1.165) is 12.8 Å². The maximum atomic E-state index is 12.2. The van der Waals surface area contributed by atoms with Gasteiger partial charge in [-0.25, -0.2) is 12.7 Å². The van der Waals surface area contributed by atoms with Crippen LogP contribution in [0.4, 0.5) is 0 Å². The van der Waals surface area contributed by atoms with Gasteiger partial charge in [0, 0.05) is 26.2 Å². The number of aliphatic imine (C=N–C) groups is 1. The molecule has 164 valence electrons. The summed E-state index contributed by atoms with van der Waals surface area (Å²) in [6.45, 7) is 5.53. The van der Waals surface area contributed by atoms with Crippen LogP contribution >= 0.6 is 0 Å². The van der Waals surface area contributed by atoms with Gasteiger partial charge >= 0.3 is 0 Å². The lowest BCUT2D eigenvalue weighted by Gasteiger charge is -2.32. The smallest absolute Gasteiger partial charge is 0.214 e. The molecule has 1 atom stereocenters. The predicted octanol–water partition coefficient (Wildman–Crippen LogP) is 1.83. The first-order chi connectivity index (χ1) is 13.9. The van der Waals surface area contributed by atoms with Gasteiger partial charge in [0.15, 0.2) is 17.5 Å². The van der Waals surface area contributed by atoms with Gasteiger partial charge in [-0.2, -0.15) is 0 Å². The van der Waals surface area contributed by atoms with Crippen LogP contribution in [-0.4, -0.2) is 70.4 Å². The summed E-state index contributed by atoms with van der Waals surface area (Å²) in [6, 6.07) is 7.75. The molecule has 29 heavy (non-hydrogen) atoms. The number of benzene rings is 1. The molecule has 1 unspecified atom stereocenters. The Hall–Kier alpha value is -2.00. The van der Waals surface area contributed by atoms with E-state index >= 15 is 0 Å². The fourth-order valence-corrected chi connectivity index (χ4v) is 4.81. The van der Waals surface area contributed by atoms with Gasteiger partial charge in [0.05, 0.1) is 19.4 Å². The van der Waals surface area contributed by atoms with Crippen LogP contribution in [0.25, 0.3) is 0 Å². The van der Waals surface area contributed by atoms with Crippen LogP contribution in [-0.2, 0) is 10.0 Å². The average Bonchev–Trinajstić information content (AvgIpc) is 2.71. The summed E-state index contributed by atoms with van der Waals surface area (Å²) in [5.41, 5.74) is 0.